The number of nitrogens with one attached hydrogen (secondary N) is 1. The van der Waals surface area contributed by atoms with Crippen LogP contribution < -0.4 is 10.3 Å². The van der Waals surface area contributed by atoms with E-state index in [1.165, 1.54) is 7.11 Å². The van der Waals surface area contributed by atoms with Crippen molar-refractivity contribution >= 4 is 5.97 Å². The third-order valence-corrected chi connectivity index (χ3v) is 2.62. The van der Waals surface area contributed by atoms with Crippen LogP contribution in [0.15, 0.2) is 35.1 Å². The summed E-state index contributed by atoms with van der Waals surface area (Å²) in [5.41, 5.74) is -0.791. The van der Waals surface area contributed by atoms with E-state index >= 15 is 0 Å². The number of carboxylic acid groups (broad SMARTS) is 1. The first-order valence-corrected chi connectivity index (χ1v) is 5.38. The largest absolute Gasteiger partial charge is 0.503 e. The van der Waals surface area contributed by atoms with Crippen LogP contribution in [0.4, 0.5) is 0 Å². The van der Waals surface area contributed by atoms with Crippen molar-refractivity contribution in [2.45, 2.75) is 0 Å². The highest BCUT2D eigenvalue weighted by molar-refractivity contribution is 5.92. The van der Waals surface area contributed by atoms with E-state index in [0.717, 1.165) is 0 Å². The molecule has 3 N–H and O–H groups in total. The summed E-state index contributed by atoms with van der Waals surface area (Å²) in [4.78, 5) is 25.1. The van der Waals surface area contributed by atoms with E-state index in [-0.39, 0.29) is 11.4 Å². The lowest BCUT2D eigenvalue weighted by Crippen LogP contribution is -2.19. The molecular weight excluding hydrogens is 250 g/mol. The molecule has 0 bridgehead atoms. The van der Waals surface area contributed by atoms with Gasteiger partial charge in [0.25, 0.3) is 5.56 Å². The number of carboxylic acids is 1. The highest BCUT2D eigenvalue weighted by atomic mass is 16.5. The van der Waals surface area contributed by atoms with E-state index in [1.807, 2.05) is 0 Å². The van der Waals surface area contributed by atoms with Crippen LogP contribution in [0.1, 0.15) is 10.4 Å². The standard InChI is InChI=1S/C13H11NO5/c1-19-11-8(13(17)18)12(16)14-9(10(11)15)7-5-3-2-4-6-7/h2-6,15H,1H3,(H,14,16)(H,17,18). The predicted molar refractivity (Wildman–Crippen MR) is 67.7 cm³/mol. The Balaban J connectivity index is 2.77. The normalized spacial score (nSPS) is 10.2. The summed E-state index contributed by atoms with van der Waals surface area (Å²) in [6, 6.07) is 8.58. The first-order chi connectivity index (χ1) is 9.06. The average molecular weight is 261 g/mol. The minimum atomic E-state index is -1.46. The number of aromatic nitrogens is 1. The number of H-pyrrole nitrogens is 1. The van der Waals surface area contributed by atoms with Gasteiger partial charge in [-0.25, -0.2) is 4.79 Å². The van der Waals surface area contributed by atoms with Crippen molar-refractivity contribution in [3.63, 3.8) is 0 Å². The number of methoxy groups -OCH3 is 1. The Morgan fingerprint density at radius 2 is 1.89 bits per heavy atom. The fourth-order valence-corrected chi connectivity index (χ4v) is 1.78. The Morgan fingerprint density at radius 1 is 1.26 bits per heavy atom. The number of aromatic carboxylic acids is 1. The number of ether oxygens (including phenoxy) is 1. The summed E-state index contributed by atoms with van der Waals surface area (Å²) in [5.74, 6) is -2.23. The molecule has 1 heterocycles. The molecule has 0 atom stereocenters. The van der Waals surface area contributed by atoms with E-state index in [1.54, 1.807) is 30.3 Å². The number of benzene rings is 1. The van der Waals surface area contributed by atoms with Crippen LogP contribution in [0, 0.1) is 0 Å². The lowest BCUT2D eigenvalue weighted by Gasteiger charge is -2.11. The lowest BCUT2D eigenvalue weighted by atomic mass is 10.1. The van der Waals surface area contributed by atoms with Crippen LogP contribution in [0.3, 0.4) is 0 Å². The number of aromatic amines is 1. The fraction of sp³-hybridized carbons (Fsp3) is 0.0769. The van der Waals surface area contributed by atoms with Gasteiger partial charge in [-0.3, -0.25) is 4.79 Å². The van der Waals surface area contributed by atoms with Crippen LogP contribution in [0.2, 0.25) is 0 Å². The van der Waals surface area contributed by atoms with Crippen molar-refractivity contribution in [1.82, 2.24) is 4.98 Å². The molecule has 0 radical (unpaired) electrons. The zero-order chi connectivity index (χ0) is 14.0. The number of hydrogen-bond donors (Lipinski definition) is 3. The topological polar surface area (TPSA) is 99.6 Å². The SMILES string of the molecule is COc1c(O)c(-c2ccccc2)[nH]c(=O)c1C(=O)O. The molecule has 1 aromatic heterocycles. The van der Waals surface area contributed by atoms with Crippen molar-refractivity contribution in [3.05, 3.63) is 46.2 Å². The van der Waals surface area contributed by atoms with Gasteiger partial charge in [0, 0.05) is 5.56 Å². The maximum Gasteiger partial charge on any atom is 0.345 e. The first-order valence-electron chi connectivity index (χ1n) is 5.38. The molecule has 0 unspecified atom stereocenters. The molecule has 0 saturated heterocycles. The monoisotopic (exact) mass is 261 g/mol. The van der Waals surface area contributed by atoms with Crippen molar-refractivity contribution < 1.29 is 19.7 Å². The van der Waals surface area contributed by atoms with Crippen LogP contribution >= 0.6 is 0 Å². The van der Waals surface area contributed by atoms with E-state index in [4.69, 9.17) is 9.84 Å². The Hall–Kier alpha value is -2.76. The summed E-state index contributed by atoms with van der Waals surface area (Å²) in [6.45, 7) is 0. The van der Waals surface area contributed by atoms with E-state index < -0.39 is 22.8 Å². The van der Waals surface area contributed by atoms with Gasteiger partial charge in [0.1, 0.15) is 0 Å². The average Bonchev–Trinajstić information content (AvgIpc) is 2.41. The molecule has 0 aliphatic rings. The van der Waals surface area contributed by atoms with Crippen LogP contribution in [-0.2, 0) is 0 Å². The predicted octanol–water partition coefficient (Wildman–Crippen LogP) is 1.45. The Kier molecular flexibility index (Phi) is 3.24. The molecule has 6 nitrogen and oxygen atoms in total. The molecule has 2 aromatic rings. The third kappa shape index (κ3) is 2.15. The summed E-state index contributed by atoms with van der Waals surface area (Å²) in [7, 11) is 1.19. The zero-order valence-corrected chi connectivity index (χ0v) is 10.0. The van der Waals surface area contributed by atoms with Gasteiger partial charge < -0.3 is 19.9 Å². The fourth-order valence-electron chi connectivity index (χ4n) is 1.78. The molecule has 98 valence electrons. The summed E-state index contributed by atoms with van der Waals surface area (Å²) in [5, 5.41) is 19.0. The van der Waals surface area contributed by atoms with Gasteiger partial charge in [-0.05, 0) is 0 Å². The Morgan fingerprint density at radius 3 is 2.42 bits per heavy atom. The van der Waals surface area contributed by atoms with Crippen LogP contribution in [0.5, 0.6) is 11.5 Å². The van der Waals surface area contributed by atoms with Crippen molar-refractivity contribution in [1.29, 1.82) is 0 Å². The second-order valence-electron chi connectivity index (χ2n) is 3.76. The molecule has 0 spiro atoms. The van der Waals surface area contributed by atoms with Crippen molar-refractivity contribution in [3.8, 4) is 22.8 Å². The van der Waals surface area contributed by atoms with Gasteiger partial charge in [0.05, 0.1) is 12.8 Å². The molecule has 0 fully saturated rings. The second-order valence-corrected chi connectivity index (χ2v) is 3.76. The van der Waals surface area contributed by atoms with Gasteiger partial charge in [0.15, 0.2) is 17.1 Å². The Labute approximate surface area is 107 Å². The molecule has 19 heavy (non-hydrogen) atoms. The molecule has 0 saturated carbocycles. The molecule has 0 aliphatic carbocycles. The highest BCUT2D eigenvalue weighted by Gasteiger charge is 2.23. The van der Waals surface area contributed by atoms with E-state index in [2.05, 4.69) is 4.98 Å². The molecule has 0 aliphatic heterocycles. The van der Waals surface area contributed by atoms with Gasteiger partial charge >= 0.3 is 5.97 Å². The van der Waals surface area contributed by atoms with Gasteiger partial charge in [0.2, 0.25) is 0 Å². The van der Waals surface area contributed by atoms with Crippen LogP contribution in [0.25, 0.3) is 11.3 Å². The molecular formula is C13H11NO5. The molecule has 2 rings (SSSR count). The quantitative estimate of drug-likeness (QED) is 0.776. The minimum absolute atomic E-state index is 0.118. The Bertz CT molecular complexity index is 675. The summed E-state index contributed by atoms with van der Waals surface area (Å²) < 4.78 is 4.83. The number of aromatic hydroxyl groups is 1. The maximum atomic E-state index is 11.8. The highest BCUT2D eigenvalue weighted by Crippen LogP contribution is 2.35. The van der Waals surface area contributed by atoms with Gasteiger partial charge in [-0.15, -0.1) is 0 Å². The minimum Gasteiger partial charge on any atom is -0.503 e. The lowest BCUT2D eigenvalue weighted by molar-refractivity contribution is 0.0690. The zero-order valence-electron chi connectivity index (χ0n) is 10.0. The summed E-state index contributed by atoms with van der Waals surface area (Å²) >= 11 is 0. The second kappa shape index (κ2) is 4.85. The van der Waals surface area contributed by atoms with Gasteiger partial charge in [-0.1, -0.05) is 30.3 Å². The van der Waals surface area contributed by atoms with Crippen LogP contribution in [-0.4, -0.2) is 28.3 Å². The summed E-state index contributed by atoms with van der Waals surface area (Å²) in [6.07, 6.45) is 0. The van der Waals surface area contributed by atoms with Gasteiger partial charge in [-0.2, -0.15) is 0 Å². The molecule has 0 amide bonds. The van der Waals surface area contributed by atoms with Crippen molar-refractivity contribution in [2.24, 2.45) is 0 Å². The molecule has 6 heteroatoms. The van der Waals surface area contributed by atoms with E-state index in [9.17, 15) is 14.7 Å². The first kappa shape index (κ1) is 12.7. The van der Waals surface area contributed by atoms with E-state index in [0.29, 0.717) is 5.56 Å². The van der Waals surface area contributed by atoms with Crippen molar-refractivity contribution in [2.75, 3.05) is 7.11 Å². The number of pyridine rings is 1. The number of rotatable bonds is 3. The molecule has 1 aromatic carbocycles. The number of carbonyl (C=O) groups is 1. The maximum absolute atomic E-state index is 11.8. The smallest absolute Gasteiger partial charge is 0.345 e. The number of hydrogen-bond acceptors (Lipinski definition) is 4. The third-order valence-electron chi connectivity index (χ3n) is 2.62.